The van der Waals surface area contributed by atoms with Crippen LogP contribution in [-0.4, -0.2) is 36.2 Å². The van der Waals surface area contributed by atoms with Crippen LogP contribution in [0.3, 0.4) is 0 Å². The van der Waals surface area contributed by atoms with Crippen LogP contribution in [0.5, 0.6) is 0 Å². The van der Waals surface area contributed by atoms with E-state index in [1.165, 1.54) is 5.56 Å². The molecule has 9 heteroatoms. The van der Waals surface area contributed by atoms with Gasteiger partial charge in [-0.25, -0.2) is 15.0 Å². The first-order chi connectivity index (χ1) is 12.7. The van der Waals surface area contributed by atoms with Gasteiger partial charge >= 0.3 is 5.97 Å². The fourth-order valence-corrected chi connectivity index (χ4v) is 4.63. The number of aliphatic carboxylic acids is 1. The zero-order valence-electron chi connectivity index (χ0n) is 13.6. The SMILES string of the molecule is O=C(O)C1CCc2c(sc3nc(Nc4cc5cn[nH]c5cn4)ncc23)C1. The van der Waals surface area contributed by atoms with E-state index in [1.54, 1.807) is 23.7 Å². The van der Waals surface area contributed by atoms with Crippen molar-refractivity contribution in [2.45, 2.75) is 19.3 Å². The Kier molecular flexibility index (Phi) is 3.35. The average molecular weight is 366 g/mol. The summed E-state index contributed by atoms with van der Waals surface area (Å²) in [5.41, 5.74) is 2.07. The molecule has 0 saturated heterocycles. The first kappa shape index (κ1) is 15.2. The molecule has 0 radical (unpaired) electrons. The highest BCUT2D eigenvalue weighted by Crippen LogP contribution is 2.37. The lowest BCUT2D eigenvalue weighted by atomic mass is 9.88. The molecule has 26 heavy (non-hydrogen) atoms. The van der Waals surface area contributed by atoms with Crippen LogP contribution in [0.4, 0.5) is 11.8 Å². The zero-order chi connectivity index (χ0) is 17.7. The summed E-state index contributed by atoms with van der Waals surface area (Å²) in [6, 6.07) is 1.88. The van der Waals surface area contributed by atoms with Crippen molar-refractivity contribution in [2.24, 2.45) is 5.92 Å². The van der Waals surface area contributed by atoms with Crippen LogP contribution in [0.1, 0.15) is 16.9 Å². The summed E-state index contributed by atoms with van der Waals surface area (Å²) in [4.78, 5) is 26.6. The Hall–Kier alpha value is -3.07. The molecular weight excluding hydrogens is 352 g/mol. The summed E-state index contributed by atoms with van der Waals surface area (Å²) < 4.78 is 0. The first-order valence-electron chi connectivity index (χ1n) is 8.23. The standard InChI is InChI=1S/C17H14N6O2S/c24-16(25)8-1-2-10-11-6-19-17(22-15(11)26-13(10)3-8)21-14-4-9-5-20-23-12(9)7-18-14/h4-8H,1-3H2,(H,20,23)(H,24,25)(H,18,19,21,22). The van der Waals surface area contributed by atoms with Gasteiger partial charge in [-0.05, 0) is 30.9 Å². The van der Waals surface area contributed by atoms with Gasteiger partial charge in [-0.15, -0.1) is 11.3 Å². The van der Waals surface area contributed by atoms with Crippen LogP contribution in [0, 0.1) is 5.92 Å². The van der Waals surface area contributed by atoms with Crippen molar-refractivity contribution in [1.82, 2.24) is 25.1 Å². The molecular formula is C17H14N6O2S. The highest BCUT2D eigenvalue weighted by molar-refractivity contribution is 7.18. The molecule has 0 fully saturated rings. The molecule has 0 amide bonds. The molecule has 5 rings (SSSR count). The van der Waals surface area contributed by atoms with Gasteiger partial charge in [-0.3, -0.25) is 9.89 Å². The van der Waals surface area contributed by atoms with Gasteiger partial charge < -0.3 is 10.4 Å². The molecule has 1 unspecified atom stereocenters. The third-order valence-corrected chi connectivity index (χ3v) is 5.89. The Labute approximate surface area is 151 Å². The number of anilines is 2. The molecule has 0 aliphatic heterocycles. The van der Waals surface area contributed by atoms with Crippen LogP contribution in [0.2, 0.25) is 0 Å². The number of aromatic amines is 1. The number of hydrogen-bond acceptors (Lipinski definition) is 7. The second kappa shape index (κ2) is 5.73. The number of fused-ring (bicyclic) bond motifs is 4. The van der Waals surface area contributed by atoms with Crippen molar-refractivity contribution < 1.29 is 9.90 Å². The Morgan fingerprint density at radius 3 is 3.12 bits per heavy atom. The van der Waals surface area contributed by atoms with Crippen molar-refractivity contribution in [3.05, 3.63) is 35.1 Å². The van der Waals surface area contributed by atoms with E-state index in [2.05, 4.69) is 30.5 Å². The molecule has 4 heterocycles. The van der Waals surface area contributed by atoms with Crippen LogP contribution < -0.4 is 5.32 Å². The molecule has 0 aromatic carbocycles. The van der Waals surface area contributed by atoms with Crippen molar-refractivity contribution in [3.8, 4) is 0 Å². The lowest BCUT2D eigenvalue weighted by molar-refractivity contribution is -0.142. The number of nitrogens with one attached hydrogen (secondary N) is 2. The predicted molar refractivity (Wildman–Crippen MR) is 97.7 cm³/mol. The van der Waals surface area contributed by atoms with Crippen molar-refractivity contribution in [3.63, 3.8) is 0 Å². The average Bonchev–Trinajstić information content (AvgIpc) is 3.24. The lowest BCUT2D eigenvalue weighted by Crippen LogP contribution is -2.20. The molecule has 4 aromatic heterocycles. The number of carboxylic acid groups (broad SMARTS) is 1. The third kappa shape index (κ3) is 2.48. The van der Waals surface area contributed by atoms with Crippen LogP contribution in [-0.2, 0) is 17.6 Å². The summed E-state index contributed by atoms with van der Waals surface area (Å²) in [6.07, 6.45) is 7.27. The predicted octanol–water partition coefficient (Wildman–Crippen LogP) is 2.90. The van der Waals surface area contributed by atoms with E-state index in [9.17, 15) is 9.90 Å². The number of pyridine rings is 1. The number of aromatic nitrogens is 5. The minimum Gasteiger partial charge on any atom is -0.481 e. The van der Waals surface area contributed by atoms with Crippen molar-refractivity contribution in [2.75, 3.05) is 5.32 Å². The van der Waals surface area contributed by atoms with Gasteiger partial charge in [0.2, 0.25) is 5.95 Å². The highest BCUT2D eigenvalue weighted by atomic mass is 32.1. The van der Waals surface area contributed by atoms with Gasteiger partial charge in [0.1, 0.15) is 10.6 Å². The number of aryl methyl sites for hydroxylation is 1. The summed E-state index contributed by atoms with van der Waals surface area (Å²) in [7, 11) is 0. The van der Waals surface area contributed by atoms with Gasteiger partial charge in [0.05, 0.1) is 23.8 Å². The Balaban J connectivity index is 1.47. The van der Waals surface area contributed by atoms with Gasteiger partial charge in [-0.2, -0.15) is 5.10 Å². The number of nitrogens with zero attached hydrogens (tertiary/aromatic N) is 4. The molecule has 0 saturated carbocycles. The van der Waals surface area contributed by atoms with Gasteiger partial charge in [-0.1, -0.05) is 0 Å². The van der Waals surface area contributed by atoms with E-state index in [0.29, 0.717) is 24.6 Å². The summed E-state index contributed by atoms with van der Waals surface area (Å²) >= 11 is 1.56. The molecule has 1 aliphatic rings. The second-order valence-corrected chi connectivity index (χ2v) is 7.43. The number of rotatable bonds is 3. The summed E-state index contributed by atoms with van der Waals surface area (Å²) in [5.74, 6) is 0.0981. The summed E-state index contributed by atoms with van der Waals surface area (Å²) in [6.45, 7) is 0. The number of thiophene rings is 1. The number of hydrogen-bond donors (Lipinski definition) is 3. The molecule has 3 N–H and O–H groups in total. The van der Waals surface area contributed by atoms with E-state index in [-0.39, 0.29) is 5.92 Å². The third-order valence-electron chi connectivity index (χ3n) is 4.72. The van der Waals surface area contributed by atoms with Crippen LogP contribution in [0.25, 0.3) is 21.1 Å². The smallest absolute Gasteiger partial charge is 0.306 e. The monoisotopic (exact) mass is 366 g/mol. The maximum Gasteiger partial charge on any atom is 0.306 e. The largest absolute Gasteiger partial charge is 0.481 e. The normalized spacial score (nSPS) is 16.7. The first-order valence-corrected chi connectivity index (χ1v) is 9.05. The Morgan fingerprint density at radius 1 is 1.31 bits per heavy atom. The lowest BCUT2D eigenvalue weighted by Gasteiger charge is -2.17. The Bertz CT molecular complexity index is 1150. The fraction of sp³-hybridized carbons (Fsp3) is 0.235. The molecule has 0 bridgehead atoms. The molecule has 130 valence electrons. The zero-order valence-corrected chi connectivity index (χ0v) is 14.4. The topological polar surface area (TPSA) is 117 Å². The van der Waals surface area contributed by atoms with Crippen LogP contribution in [0.15, 0.2) is 24.7 Å². The highest BCUT2D eigenvalue weighted by Gasteiger charge is 2.27. The van der Waals surface area contributed by atoms with E-state index in [4.69, 9.17) is 0 Å². The second-order valence-electron chi connectivity index (χ2n) is 6.35. The van der Waals surface area contributed by atoms with Crippen LogP contribution >= 0.6 is 11.3 Å². The van der Waals surface area contributed by atoms with Gasteiger partial charge in [0.15, 0.2) is 0 Å². The van der Waals surface area contributed by atoms with E-state index in [1.807, 2.05) is 12.3 Å². The van der Waals surface area contributed by atoms with E-state index in [0.717, 1.165) is 32.4 Å². The minimum atomic E-state index is -0.720. The quantitative estimate of drug-likeness (QED) is 0.510. The van der Waals surface area contributed by atoms with Gasteiger partial charge in [0, 0.05) is 21.8 Å². The molecule has 1 atom stereocenters. The summed E-state index contributed by atoms with van der Waals surface area (Å²) in [5, 5.41) is 21.2. The minimum absolute atomic E-state index is 0.299. The maximum absolute atomic E-state index is 11.3. The molecule has 8 nitrogen and oxygen atoms in total. The van der Waals surface area contributed by atoms with Crippen molar-refractivity contribution in [1.29, 1.82) is 0 Å². The molecule has 4 aromatic rings. The molecule has 1 aliphatic carbocycles. The molecule has 0 spiro atoms. The number of carboxylic acids is 1. The Morgan fingerprint density at radius 2 is 2.23 bits per heavy atom. The van der Waals surface area contributed by atoms with E-state index >= 15 is 0 Å². The van der Waals surface area contributed by atoms with Gasteiger partial charge in [0.25, 0.3) is 0 Å². The number of H-pyrrole nitrogens is 1. The van der Waals surface area contributed by atoms with E-state index < -0.39 is 5.97 Å². The van der Waals surface area contributed by atoms with Crippen molar-refractivity contribution >= 4 is 50.2 Å². The number of carbonyl (C=O) groups is 1. The fourth-order valence-electron chi connectivity index (χ4n) is 3.36. The maximum atomic E-state index is 11.3.